The summed E-state index contributed by atoms with van der Waals surface area (Å²) in [6.45, 7) is 4.89. The maximum Gasteiger partial charge on any atom is 0.222 e. The Kier molecular flexibility index (Phi) is 4.67. The Morgan fingerprint density at radius 2 is 2.24 bits per heavy atom. The van der Waals surface area contributed by atoms with Crippen LogP contribution >= 0.6 is 0 Å². The van der Waals surface area contributed by atoms with E-state index in [0.717, 1.165) is 5.69 Å². The van der Waals surface area contributed by atoms with Crippen LogP contribution in [-0.4, -0.2) is 47.3 Å². The number of rotatable bonds is 4. The molecule has 0 aliphatic carbocycles. The van der Waals surface area contributed by atoms with Crippen LogP contribution < -0.4 is 5.32 Å². The maximum atomic E-state index is 12.0. The first-order valence-corrected chi connectivity index (χ1v) is 8.89. The lowest BCUT2D eigenvalue weighted by atomic mass is 10.1. The van der Waals surface area contributed by atoms with Gasteiger partial charge in [0.1, 0.15) is 0 Å². The van der Waals surface area contributed by atoms with Crippen LogP contribution in [0, 0.1) is 5.92 Å². The SMILES string of the molecule is CC(C)C(=O)NCC1CCn2nccc2CN1S(C)(=O)=O. The third kappa shape index (κ3) is 3.82. The standard InChI is InChI=1S/C13H22N4O3S/c1-10(2)13(18)14-8-11-5-7-16-12(4-6-15-16)9-17(11)21(3,19)20/h4,6,10-11H,5,7-9H2,1-3H3,(H,14,18). The highest BCUT2D eigenvalue weighted by Crippen LogP contribution is 2.19. The van der Waals surface area contributed by atoms with Crippen molar-refractivity contribution in [3.8, 4) is 0 Å². The fourth-order valence-corrected chi connectivity index (χ4v) is 3.50. The smallest absolute Gasteiger partial charge is 0.222 e. The highest BCUT2D eigenvalue weighted by molar-refractivity contribution is 7.88. The first-order valence-electron chi connectivity index (χ1n) is 7.04. The Hall–Kier alpha value is -1.41. The lowest BCUT2D eigenvalue weighted by Crippen LogP contribution is -2.46. The van der Waals surface area contributed by atoms with Gasteiger partial charge >= 0.3 is 0 Å². The van der Waals surface area contributed by atoms with Crippen LogP contribution in [-0.2, 0) is 27.9 Å². The number of nitrogens with one attached hydrogen (secondary N) is 1. The minimum Gasteiger partial charge on any atom is -0.354 e. The molecule has 0 fully saturated rings. The molecule has 1 aliphatic rings. The molecule has 118 valence electrons. The summed E-state index contributed by atoms with van der Waals surface area (Å²) in [5.74, 6) is -0.177. The van der Waals surface area contributed by atoms with Crippen LogP contribution in [0.5, 0.6) is 0 Å². The number of amides is 1. The summed E-state index contributed by atoms with van der Waals surface area (Å²) >= 11 is 0. The minimum absolute atomic E-state index is 0.0644. The van der Waals surface area contributed by atoms with Gasteiger partial charge in [-0.05, 0) is 12.5 Å². The third-order valence-corrected chi connectivity index (χ3v) is 4.95. The molecule has 0 bridgehead atoms. The van der Waals surface area contributed by atoms with Crippen molar-refractivity contribution in [3.63, 3.8) is 0 Å². The van der Waals surface area contributed by atoms with Gasteiger partial charge in [-0.25, -0.2) is 8.42 Å². The molecular weight excluding hydrogens is 292 g/mol. The second-order valence-corrected chi connectivity index (χ2v) is 7.63. The van der Waals surface area contributed by atoms with Gasteiger partial charge in [-0.15, -0.1) is 0 Å². The van der Waals surface area contributed by atoms with Gasteiger partial charge in [0, 0.05) is 31.2 Å². The molecule has 0 radical (unpaired) electrons. The topological polar surface area (TPSA) is 84.3 Å². The Labute approximate surface area is 125 Å². The summed E-state index contributed by atoms with van der Waals surface area (Å²) < 4.78 is 27.4. The monoisotopic (exact) mass is 314 g/mol. The van der Waals surface area contributed by atoms with E-state index >= 15 is 0 Å². The van der Waals surface area contributed by atoms with Gasteiger partial charge in [-0.1, -0.05) is 13.8 Å². The number of aromatic nitrogens is 2. The second-order valence-electron chi connectivity index (χ2n) is 5.70. The summed E-state index contributed by atoms with van der Waals surface area (Å²) in [4.78, 5) is 11.7. The van der Waals surface area contributed by atoms with E-state index in [1.54, 1.807) is 6.20 Å². The maximum absolute atomic E-state index is 12.0. The molecule has 1 unspecified atom stereocenters. The Balaban J connectivity index is 2.15. The van der Waals surface area contributed by atoms with Crippen molar-refractivity contribution in [1.29, 1.82) is 0 Å². The third-order valence-electron chi connectivity index (χ3n) is 3.67. The van der Waals surface area contributed by atoms with E-state index in [1.165, 1.54) is 10.6 Å². The number of nitrogens with zero attached hydrogens (tertiary/aromatic N) is 3. The van der Waals surface area contributed by atoms with E-state index in [4.69, 9.17) is 0 Å². The van der Waals surface area contributed by atoms with E-state index in [9.17, 15) is 13.2 Å². The van der Waals surface area contributed by atoms with Gasteiger partial charge in [0.05, 0.1) is 18.5 Å². The molecule has 0 saturated heterocycles. The average molecular weight is 314 g/mol. The van der Waals surface area contributed by atoms with Crippen molar-refractivity contribution >= 4 is 15.9 Å². The molecule has 1 amide bonds. The minimum atomic E-state index is -3.35. The number of carbonyl (C=O) groups is 1. The molecule has 2 heterocycles. The number of aryl methyl sites for hydroxylation is 1. The predicted octanol–water partition coefficient (Wildman–Crippen LogP) is 0.189. The molecule has 8 heteroatoms. The van der Waals surface area contributed by atoms with E-state index in [0.29, 0.717) is 26.1 Å². The number of fused-ring (bicyclic) bond motifs is 1. The largest absolute Gasteiger partial charge is 0.354 e. The van der Waals surface area contributed by atoms with E-state index in [1.807, 2.05) is 24.6 Å². The highest BCUT2D eigenvalue weighted by atomic mass is 32.2. The molecule has 1 aliphatic heterocycles. The summed E-state index contributed by atoms with van der Waals surface area (Å²) in [7, 11) is -3.35. The Bertz CT molecular complexity index is 609. The average Bonchev–Trinajstić information content (AvgIpc) is 2.75. The van der Waals surface area contributed by atoms with Gasteiger partial charge < -0.3 is 5.32 Å². The van der Waals surface area contributed by atoms with Crippen molar-refractivity contribution < 1.29 is 13.2 Å². The Morgan fingerprint density at radius 3 is 2.86 bits per heavy atom. The molecule has 1 atom stereocenters. The molecule has 1 N–H and O–H groups in total. The normalized spacial score (nSPS) is 20.1. The van der Waals surface area contributed by atoms with Crippen molar-refractivity contribution in [1.82, 2.24) is 19.4 Å². The zero-order chi connectivity index (χ0) is 15.6. The molecule has 7 nitrogen and oxygen atoms in total. The van der Waals surface area contributed by atoms with Crippen molar-refractivity contribution in [2.24, 2.45) is 5.92 Å². The summed E-state index contributed by atoms with van der Waals surface area (Å²) in [5, 5.41) is 7.02. The first kappa shape index (κ1) is 16.0. The lowest BCUT2D eigenvalue weighted by Gasteiger charge is -2.27. The fraction of sp³-hybridized carbons (Fsp3) is 0.692. The summed E-state index contributed by atoms with van der Waals surface area (Å²) in [6.07, 6.45) is 3.51. The summed E-state index contributed by atoms with van der Waals surface area (Å²) in [6, 6.07) is 1.58. The molecule has 1 aromatic rings. The van der Waals surface area contributed by atoms with E-state index in [2.05, 4.69) is 10.4 Å². The number of sulfonamides is 1. The lowest BCUT2D eigenvalue weighted by molar-refractivity contribution is -0.124. The van der Waals surface area contributed by atoms with E-state index in [-0.39, 0.29) is 17.9 Å². The zero-order valence-electron chi connectivity index (χ0n) is 12.6. The van der Waals surface area contributed by atoms with E-state index < -0.39 is 10.0 Å². The highest BCUT2D eigenvalue weighted by Gasteiger charge is 2.30. The van der Waals surface area contributed by atoms with Crippen LogP contribution in [0.25, 0.3) is 0 Å². The molecule has 0 saturated carbocycles. The van der Waals surface area contributed by atoms with Crippen molar-refractivity contribution in [2.75, 3.05) is 12.8 Å². The number of hydrogen-bond acceptors (Lipinski definition) is 4. The predicted molar refractivity (Wildman–Crippen MR) is 78.9 cm³/mol. The zero-order valence-corrected chi connectivity index (χ0v) is 13.4. The summed E-state index contributed by atoms with van der Waals surface area (Å²) in [5.41, 5.74) is 0.873. The van der Waals surface area contributed by atoms with Gasteiger partial charge in [0.15, 0.2) is 0 Å². The van der Waals surface area contributed by atoms with Crippen LogP contribution in [0.4, 0.5) is 0 Å². The van der Waals surface area contributed by atoms with Gasteiger partial charge in [0.25, 0.3) is 0 Å². The molecule has 1 aromatic heterocycles. The Morgan fingerprint density at radius 1 is 1.52 bits per heavy atom. The van der Waals surface area contributed by atoms with Crippen LogP contribution in [0.1, 0.15) is 26.0 Å². The van der Waals surface area contributed by atoms with Gasteiger partial charge in [-0.2, -0.15) is 9.40 Å². The number of hydrogen-bond donors (Lipinski definition) is 1. The first-order chi connectivity index (χ1) is 9.79. The molecule has 0 aromatic carbocycles. The van der Waals surface area contributed by atoms with Crippen LogP contribution in [0.15, 0.2) is 12.3 Å². The molecule has 0 spiro atoms. The number of carbonyl (C=O) groups excluding carboxylic acids is 1. The van der Waals surface area contributed by atoms with Crippen molar-refractivity contribution in [2.45, 2.75) is 39.4 Å². The van der Waals surface area contributed by atoms with Gasteiger partial charge in [0.2, 0.25) is 15.9 Å². The second kappa shape index (κ2) is 6.15. The van der Waals surface area contributed by atoms with Crippen LogP contribution in [0.3, 0.4) is 0 Å². The van der Waals surface area contributed by atoms with Gasteiger partial charge in [-0.3, -0.25) is 9.48 Å². The fourth-order valence-electron chi connectivity index (χ4n) is 2.41. The quantitative estimate of drug-likeness (QED) is 0.860. The molecule has 21 heavy (non-hydrogen) atoms. The van der Waals surface area contributed by atoms with Crippen molar-refractivity contribution in [3.05, 3.63) is 18.0 Å². The molecular formula is C13H22N4O3S. The van der Waals surface area contributed by atoms with Crippen LogP contribution in [0.2, 0.25) is 0 Å². The molecule has 2 rings (SSSR count).